The summed E-state index contributed by atoms with van der Waals surface area (Å²) in [6, 6.07) is 11.4. The van der Waals surface area contributed by atoms with Crippen LogP contribution in [0, 0.1) is 20.8 Å². The van der Waals surface area contributed by atoms with E-state index in [1.807, 2.05) is 6.08 Å². The van der Waals surface area contributed by atoms with E-state index in [4.69, 9.17) is 15.0 Å². The molecule has 0 amide bonds. The fraction of sp³-hybridized carbons (Fsp3) is 0.414. The number of benzene rings is 2. The average Bonchev–Trinajstić information content (AvgIpc) is 3.08. The largest absolute Gasteiger partial charge is 0.483 e. The van der Waals surface area contributed by atoms with Gasteiger partial charge in [0.2, 0.25) is 0 Å². The number of aromatic nitrogens is 1. The summed E-state index contributed by atoms with van der Waals surface area (Å²) < 4.78 is 2.51. The fourth-order valence-electron chi connectivity index (χ4n) is 4.63. The van der Waals surface area contributed by atoms with Crippen molar-refractivity contribution in [2.45, 2.75) is 67.0 Å². The van der Waals surface area contributed by atoms with E-state index in [1.54, 1.807) is 20.8 Å². The van der Waals surface area contributed by atoms with Crippen LogP contribution < -0.4 is 4.90 Å². The summed E-state index contributed by atoms with van der Waals surface area (Å²) in [5, 5.41) is 16.8. The minimum absolute atomic E-state index is 0.250. The molecule has 0 bridgehead atoms. The van der Waals surface area contributed by atoms with Gasteiger partial charge in [-0.15, -0.1) is 6.58 Å². The Labute approximate surface area is 204 Å². The first-order valence-corrected chi connectivity index (χ1v) is 11.9. The highest BCUT2D eigenvalue weighted by Gasteiger charge is 2.26. The zero-order valence-corrected chi connectivity index (χ0v) is 21.8. The van der Waals surface area contributed by atoms with Gasteiger partial charge in [0.25, 0.3) is 6.47 Å². The molecule has 1 aromatic heterocycles. The van der Waals surface area contributed by atoms with Crippen LogP contribution in [-0.2, 0) is 17.8 Å². The molecule has 0 saturated heterocycles. The molecule has 3 aromatic rings. The monoisotopic (exact) mass is 464 g/mol. The lowest BCUT2D eigenvalue weighted by Crippen LogP contribution is -2.32. The first-order valence-electron chi connectivity index (χ1n) is 11.9. The van der Waals surface area contributed by atoms with Crippen molar-refractivity contribution >= 4 is 23.1 Å². The molecule has 0 aliphatic carbocycles. The van der Waals surface area contributed by atoms with E-state index >= 15 is 0 Å². The van der Waals surface area contributed by atoms with Gasteiger partial charge in [0.1, 0.15) is 0 Å². The zero-order chi connectivity index (χ0) is 25.6. The van der Waals surface area contributed by atoms with Crippen molar-refractivity contribution in [1.29, 1.82) is 0 Å². The SMILES string of the molecule is C=CCN1CCn2c(C)cc3c(-c4ccc(C)cc4)c(CC)c(C)c1c32.CC(C)(C)O.O=CO. The van der Waals surface area contributed by atoms with Crippen LogP contribution in [0.15, 0.2) is 43.0 Å². The molecule has 0 radical (unpaired) electrons. The maximum atomic E-state index is 8.52. The van der Waals surface area contributed by atoms with Gasteiger partial charge in [-0.1, -0.05) is 42.8 Å². The predicted molar refractivity (Wildman–Crippen MR) is 144 cm³/mol. The number of aryl methyl sites for hydroxylation is 2. The Balaban J connectivity index is 0.000000447. The zero-order valence-electron chi connectivity index (χ0n) is 21.8. The van der Waals surface area contributed by atoms with Gasteiger partial charge in [-0.3, -0.25) is 4.79 Å². The summed E-state index contributed by atoms with van der Waals surface area (Å²) in [5.41, 5.74) is 10.6. The molecule has 2 N–H and O–H groups in total. The second-order valence-electron chi connectivity index (χ2n) is 9.76. The molecular formula is C29H40N2O3. The van der Waals surface area contributed by atoms with Crippen molar-refractivity contribution in [1.82, 2.24) is 4.57 Å². The van der Waals surface area contributed by atoms with Crippen LogP contribution >= 0.6 is 0 Å². The van der Waals surface area contributed by atoms with Gasteiger partial charge >= 0.3 is 0 Å². The minimum atomic E-state index is -0.500. The Hall–Kier alpha value is -3.05. The first-order chi connectivity index (χ1) is 16.0. The van der Waals surface area contributed by atoms with Crippen LogP contribution in [0.25, 0.3) is 22.0 Å². The number of aliphatic hydroxyl groups is 1. The van der Waals surface area contributed by atoms with E-state index < -0.39 is 5.60 Å². The molecule has 1 aliphatic rings. The Morgan fingerprint density at radius 1 is 1.09 bits per heavy atom. The maximum Gasteiger partial charge on any atom is 0.290 e. The standard InChI is InChI=1S/C24H28N2.C4H10O.CH2O2/c1-6-12-25-13-14-26-17(4)15-21-22(19-10-8-16(3)9-11-19)20(7-2)18(5)23(25)24(21)26;1-4(2,3)5;2-1-3/h6,8-11,15H,1,7,12-14H2,2-5H3;5H,1-3H3;1H,(H,2,3). The van der Waals surface area contributed by atoms with E-state index in [1.165, 1.54) is 50.1 Å². The molecule has 2 heterocycles. The molecule has 0 fully saturated rings. The summed E-state index contributed by atoms with van der Waals surface area (Å²) in [5.74, 6) is 0. The van der Waals surface area contributed by atoms with Gasteiger partial charge in [0.05, 0.1) is 16.8 Å². The van der Waals surface area contributed by atoms with E-state index in [2.05, 4.69) is 74.1 Å². The van der Waals surface area contributed by atoms with E-state index in [-0.39, 0.29) is 6.47 Å². The van der Waals surface area contributed by atoms with Crippen molar-refractivity contribution in [3.63, 3.8) is 0 Å². The van der Waals surface area contributed by atoms with Gasteiger partial charge in [-0.25, -0.2) is 0 Å². The molecule has 5 nitrogen and oxygen atoms in total. The Bertz CT molecular complexity index is 1130. The molecule has 0 atom stereocenters. The van der Waals surface area contributed by atoms with Crippen molar-refractivity contribution < 1.29 is 15.0 Å². The highest BCUT2D eigenvalue weighted by Crippen LogP contribution is 2.44. The number of hydrogen-bond acceptors (Lipinski definition) is 3. The molecule has 34 heavy (non-hydrogen) atoms. The molecule has 0 saturated carbocycles. The predicted octanol–water partition coefficient (Wildman–Crippen LogP) is 6.28. The molecule has 1 aliphatic heterocycles. The van der Waals surface area contributed by atoms with Gasteiger partial charge in [-0.2, -0.15) is 0 Å². The van der Waals surface area contributed by atoms with E-state index in [9.17, 15) is 0 Å². The number of hydrogen-bond donors (Lipinski definition) is 2. The van der Waals surface area contributed by atoms with Gasteiger partial charge in [0.15, 0.2) is 0 Å². The number of carbonyl (C=O) groups is 1. The molecule has 4 rings (SSSR count). The number of carboxylic acid groups (broad SMARTS) is 1. The topological polar surface area (TPSA) is 65.7 Å². The molecular weight excluding hydrogens is 424 g/mol. The summed E-state index contributed by atoms with van der Waals surface area (Å²) >= 11 is 0. The quantitative estimate of drug-likeness (QED) is 0.352. The van der Waals surface area contributed by atoms with Crippen LogP contribution in [0.1, 0.15) is 50.1 Å². The highest BCUT2D eigenvalue weighted by atomic mass is 16.3. The maximum absolute atomic E-state index is 8.52. The fourth-order valence-corrected chi connectivity index (χ4v) is 4.63. The number of rotatable bonds is 4. The van der Waals surface area contributed by atoms with Gasteiger partial charge in [-0.05, 0) is 76.3 Å². The number of nitrogens with zero attached hydrogens (tertiary/aromatic N) is 2. The molecule has 184 valence electrons. The van der Waals surface area contributed by atoms with E-state index in [0.717, 1.165) is 26.1 Å². The third-order valence-corrected chi connectivity index (χ3v) is 5.86. The summed E-state index contributed by atoms with van der Waals surface area (Å²) in [6.45, 7) is 21.0. The summed E-state index contributed by atoms with van der Waals surface area (Å²) in [6.07, 6.45) is 3.07. The second kappa shape index (κ2) is 11.4. The van der Waals surface area contributed by atoms with Crippen molar-refractivity contribution in [2.24, 2.45) is 0 Å². The van der Waals surface area contributed by atoms with Crippen molar-refractivity contribution in [3.8, 4) is 11.1 Å². The third kappa shape index (κ3) is 6.09. The van der Waals surface area contributed by atoms with Crippen molar-refractivity contribution in [3.05, 3.63) is 65.4 Å². The van der Waals surface area contributed by atoms with Gasteiger partial charge < -0.3 is 19.7 Å². The third-order valence-electron chi connectivity index (χ3n) is 5.86. The second-order valence-corrected chi connectivity index (χ2v) is 9.76. The average molecular weight is 465 g/mol. The van der Waals surface area contributed by atoms with E-state index in [0.29, 0.717) is 0 Å². The Morgan fingerprint density at radius 3 is 2.15 bits per heavy atom. The smallest absolute Gasteiger partial charge is 0.290 e. The molecule has 5 heteroatoms. The molecule has 0 unspecified atom stereocenters. The summed E-state index contributed by atoms with van der Waals surface area (Å²) in [4.78, 5) is 10.9. The van der Waals surface area contributed by atoms with Gasteiger partial charge in [0, 0.05) is 30.7 Å². The lowest BCUT2D eigenvalue weighted by atomic mass is 9.88. The molecule has 2 aromatic carbocycles. The van der Waals surface area contributed by atoms with Crippen LogP contribution in [0.3, 0.4) is 0 Å². The lowest BCUT2D eigenvalue weighted by molar-refractivity contribution is -0.122. The molecule has 0 spiro atoms. The minimum Gasteiger partial charge on any atom is -0.483 e. The van der Waals surface area contributed by atoms with Crippen LogP contribution in [0.5, 0.6) is 0 Å². The normalized spacial score (nSPS) is 12.4. The van der Waals surface area contributed by atoms with Crippen LogP contribution in [0.2, 0.25) is 0 Å². The first kappa shape index (κ1) is 27.2. The van der Waals surface area contributed by atoms with Crippen LogP contribution in [-0.4, -0.2) is 39.9 Å². The lowest BCUT2D eigenvalue weighted by Gasteiger charge is -2.33. The van der Waals surface area contributed by atoms with Crippen LogP contribution in [0.4, 0.5) is 5.69 Å². The number of anilines is 1. The Morgan fingerprint density at radius 2 is 1.65 bits per heavy atom. The Kier molecular flexibility index (Phi) is 9.11. The summed E-state index contributed by atoms with van der Waals surface area (Å²) in [7, 11) is 0. The van der Waals surface area contributed by atoms with Crippen molar-refractivity contribution in [2.75, 3.05) is 18.0 Å². The highest BCUT2D eigenvalue weighted by molar-refractivity contribution is 6.06.